The van der Waals surface area contributed by atoms with Crippen LogP contribution in [0.1, 0.15) is 32.9 Å². The molecule has 1 aromatic heterocycles. The summed E-state index contributed by atoms with van der Waals surface area (Å²) in [4.78, 5) is 0.169. The topological polar surface area (TPSA) is 74.8 Å². The Bertz CT molecular complexity index is 491. The SMILES string of the molecule is Cc1[nH]ncc1S(=O)(=O)NCC(Cl)CC(C)(C)C. The third-order valence-corrected chi connectivity index (χ3v) is 4.25. The van der Waals surface area contributed by atoms with Crippen LogP contribution in [0.5, 0.6) is 0 Å². The van der Waals surface area contributed by atoms with Gasteiger partial charge in [-0.25, -0.2) is 13.1 Å². The van der Waals surface area contributed by atoms with Crippen molar-refractivity contribution >= 4 is 21.6 Å². The van der Waals surface area contributed by atoms with Gasteiger partial charge in [-0.1, -0.05) is 20.8 Å². The molecule has 0 aliphatic heterocycles. The summed E-state index contributed by atoms with van der Waals surface area (Å²) in [5.74, 6) is 0. The number of aromatic nitrogens is 2. The lowest BCUT2D eigenvalue weighted by Crippen LogP contribution is -2.31. The molecule has 104 valence electrons. The van der Waals surface area contributed by atoms with E-state index >= 15 is 0 Å². The van der Waals surface area contributed by atoms with Crippen molar-refractivity contribution in [2.45, 2.75) is 44.4 Å². The summed E-state index contributed by atoms with van der Waals surface area (Å²) in [6.45, 7) is 8.08. The van der Waals surface area contributed by atoms with Gasteiger partial charge in [-0.05, 0) is 18.8 Å². The minimum absolute atomic E-state index is 0.0728. The number of H-pyrrole nitrogens is 1. The molecule has 0 bridgehead atoms. The van der Waals surface area contributed by atoms with Gasteiger partial charge in [0.1, 0.15) is 4.90 Å². The highest BCUT2D eigenvalue weighted by Crippen LogP contribution is 2.23. The van der Waals surface area contributed by atoms with Crippen molar-refractivity contribution in [3.8, 4) is 0 Å². The molecule has 0 saturated heterocycles. The summed E-state index contributed by atoms with van der Waals surface area (Å²) < 4.78 is 26.4. The average molecular weight is 294 g/mol. The minimum atomic E-state index is -3.53. The Hall–Kier alpha value is -0.590. The van der Waals surface area contributed by atoms with E-state index in [2.05, 4.69) is 35.7 Å². The summed E-state index contributed by atoms with van der Waals surface area (Å²) >= 11 is 6.12. The van der Waals surface area contributed by atoms with Gasteiger partial charge in [0.05, 0.1) is 11.9 Å². The number of aryl methyl sites for hydroxylation is 1. The van der Waals surface area contributed by atoms with Crippen LogP contribution < -0.4 is 4.72 Å². The second-order valence-corrected chi connectivity index (χ2v) is 7.93. The average Bonchev–Trinajstić information content (AvgIpc) is 2.60. The van der Waals surface area contributed by atoms with Crippen molar-refractivity contribution < 1.29 is 8.42 Å². The number of aromatic amines is 1. The van der Waals surface area contributed by atoms with E-state index in [-0.39, 0.29) is 22.2 Å². The Labute approximate surface area is 113 Å². The van der Waals surface area contributed by atoms with Crippen molar-refractivity contribution in [3.05, 3.63) is 11.9 Å². The van der Waals surface area contributed by atoms with E-state index in [9.17, 15) is 8.42 Å². The Kier molecular flexibility index (Phi) is 4.80. The van der Waals surface area contributed by atoms with E-state index in [1.54, 1.807) is 6.92 Å². The van der Waals surface area contributed by atoms with Crippen molar-refractivity contribution in [1.29, 1.82) is 0 Å². The molecule has 0 radical (unpaired) electrons. The predicted molar refractivity (Wildman–Crippen MR) is 72.2 cm³/mol. The molecule has 18 heavy (non-hydrogen) atoms. The lowest BCUT2D eigenvalue weighted by molar-refractivity contribution is 0.369. The highest BCUT2D eigenvalue weighted by Gasteiger charge is 2.22. The van der Waals surface area contributed by atoms with Crippen LogP contribution in [0.3, 0.4) is 0 Å². The lowest BCUT2D eigenvalue weighted by Gasteiger charge is -2.21. The van der Waals surface area contributed by atoms with Crippen molar-refractivity contribution in [3.63, 3.8) is 0 Å². The number of nitrogens with zero attached hydrogens (tertiary/aromatic N) is 1. The molecule has 1 atom stereocenters. The second kappa shape index (κ2) is 5.59. The zero-order valence-electron chi connectivity index (χ0n) is 11.1. The number of hydrogen-bond acceptors (Lipinski definition) is 3. The Balaban J connectivity index is 2.61. The van der Waals surface area contributed by atoms with E-state index in [4.69, 9.17) is 11.6 Å². The van der Waals surface area contributed by atoms with Crippen molar-refractivity contribution in [1.82, 2.24) is 14.9 Å². The standard InChI is InChI=1S/C11H20ClN3O2S/c1-8-10(7-13-15-8)18(16,17)14-6-9(12)5-11(2,3)4/h7,9,14H,5-6H2,1-4H3,(H,13,15). The monoisotopic (exact) mass is 293 g/mol. The Morgan fingerprint density at radius 1 is 1.50 bits per heavy atom. The molecule has 0 aliphatic carbocycles. The summed E-state index contributed by atoms with van der Waals surface area (Å²) in [5, 5.41) is 6.07. The number of halogens is 1. The Morgan fingerprint density at radius 3 is 2.56 bits per heavy atom. The van der Waals surface area contributed by atoms with E-state index in [1.807, 2.05) is 0 Å². The normalized spacial score (nSPS) is 14.7. The number of rotatable bonds is 5. The van der Waals surface area contributed by atoms with E-state index in [1.165, 1.54) is 6.20 Å². The molecule has 0 aromatic carbocycles. The van der Waals surface area contributed by atoms with Crippen molar-refractivity contribution in [2.75, 3.05) is 6.54 Å². The smallest absolute Gasteiger partial charge is 0.243 e. The summed E-state index contributed by atoms with van der Waals surface area (Å²) in [6.07, 6.45) is 2.03. The van der Waals surface area contributed by atoms with Gasteiger partial charge in [-0.3, -0.25) is 5.10 Å². The molecule has 0 aliphatic rings. The number of alkyl halides is 1. The second-order valence-electron chi connectivity index (χ2n) is 5.57. The molecule has 0 amide bonds. The van der Waals surface area contributed by atoms with Crippen LogP contribution in [0.25, 0.3) is 0 Å². The molecule has 1 unspecified atom stereocenters. The maximum atomic E-state index is 12.0. The number of sulfonamides is 1. The van der Waals surface area contributed by atoms with Crippen LogP contribution in [0, 0.1) is 12.3 Å². The van der Waals surface area contributed by atoms with Crippen LogP contribution in [0.15, 0.2) is 11.1 Å². The third kappa shape index (κ3) is 4.59. The Morgan fingerprint density at radius 2 is 2.11 bits per heavy atom. The van der Waals surface area contributed by atoms with Crippen LogP contribution in [-0.2, 0) is 10.0 Å². The van der Waals surface area contributed by atoms with E-state index < -0.39 is 10.0 Å². The van der Waals surface area contributed by atoms with Gasteiger partial charge in [0, 0.05) is 11.9 Å². The summed E-state index contributed by atoms with van der Waals surface area (Å²) in [6, 6.07) is 0. The predicted octanol–water partition coefficient (Wildman–Crippen LogP) is 2.04. The number of hydrogen-bond donors (Lipinski definition) is 2. The zero-order valence-corrected chi connectivity index (χ0v) is 12.7. The van der Waals surface area contributed by atoms with Crippen LogP contribution in [-0.4, -0.2) is 30.5 Å². The fourth-order valence-corrected chi connectivity index (χ4v) is 3.47. The molecular formula is C11H20ClN3O2S. The largest absolute Gasteiger partial charge is 0.281 e. The lowest BCUT2D eigenvalue weighted by atomic mass is 9.90. The van der Waals surface area contributed by atoms with Gasteiger partial charge in [-0.2, -0.15) is 5.10 Å². The molecule has 2 N–H and O–H groups in total. The van der Waals surface area contributed by atoms with Gasteiger partial charge in [0.15, 0.2) is 0 Å². The number of nitrogens with one attached hydrogen (secondary N) is 2. The molecular weight excluding hydrogens is 274 g/mol. The zero-order chi connectivity index (χ0) is 14.0. The van der Waals surface area contributed by atoms with E-state index in [0.29, 0.717) is 5.69 Å². The van der Waals surface area contributed by atoms with Gasteiger partial charge in [0.25, 0.3) is 0 Å². The molecule has 0 saturated carbocycles. The highest BCUT2D eigenvalue weighted by molar-refractivity contribution is 7.89. The first-order valence-electron chi connectivity index (χ1n) is 5.75. The van der Waals surface area contributed by atoms with Crippen LogP contribution in [0.2, 0.25) is 0 Å². The van der Waals surface area contributed by atoms with Crippen molar-refractivity contribution in [2.24, 2.45) is 5.41 Å². The molecule has 0 fully saturated rings. The van der Waals surface area contributed by atoms with Crippen LogP contribution >= 0.6 is 11.6 Å². The fraction of sp³-hybridized carbons (Fsp3) is 0.727. The summed E-state index contributed by atoms with van der Waals surface area (Å²) in [5.41, 5.74) is 0.591. The molecule has 7 heteroatoms. The summed E-state index contributed by atoms with van der Waals surface area (Å²) in [7, 11) is -3.53. The molecule has 1 rings (SSSR count). The first-order valence-corrected chi connectivity index (χ1v) is 7.67. The maximum absolute atomic E-state index is 12.0. The quantitative estimate of drug-likeness (QED) is 0.816. The fourth-order valence-electron chi connectivity index (χ4n) is 1.63. The van der Waals surface area contributed by atoms with Gasteiger partial charge in [0.2, 0.25) is 10.0 Å². The third-order valence-electron chi connectivity index (χ3n) is 2.40. The maximum Gasteiger partial charge on any atom is 0.243 e. The molecule has 5 nitrogen and oxygen atoms in total. The highest BCUT2D eigenvalue weighted by atomic mass is 35.5. The molecule has 0 spiro atoms. The van der Waals surface area contributed by atoms with E-state index in [0.717, 1.165) is 6.42 Å². The first kappa shape index (κ1) is 15.5. The van der Waals surface area contributed by atoms with Gasteiger partial charge in [-0.15, -0.1) is 11.6 Å². The first-order chi connectivity index (χ1) is 8.12. The molecule has 1 aromatic rings. The van der Waals surface area contributed by atoms with Crippen LogP contribution in [0.4, 0.5) is 0 Å². The minimum Gasteiger partial charge on any atom is -0.281 e. The van der Waals surface area contributed by atoms with Gasteiger partial charge >= 0.3 is 0 Å². The van der Waals surface area contributed by atoms with Gasteiger partial charge < -0.3 is 0 Å². The molecule has 1 heterocycles.